The van der Waals surface area contributed by atoms with Crippen LogP contribution in [0.4, 0.5) is 5.69 Å². The molecule has 72 valence electrons. The summed E-state index contributed by atoms with van der Waals surface area (Å²) in [5, 5.41) is 12.2. The van der Waals surface area contributed by atoms with Crippen LogP contribution in [0.25, 0.3) is 0 Å². The summed E-state index contributed by atoms with van der Waals surface area (Å²) in [7, 11) is 1.76. The Morgan fingerprint density at radius 3 is 2.62 bits per heavy atom. The lowest BCUT2D eigenvalue weighted by Gasteiger charge is -2.11. The summed E-state index contributed by atoms with van der Waals surface area (Å²) in [6.07, 6.45) is 0.147. The Hall–Kier alpha value is -1.38. The van der Waals surface area contributed by atoms with Gasteiger partial charge in [0.05, 0.1) is 11.8 Å². The van der Waals surface area contributed by atoms with Gasteiger partial charge >= 0.3 is 0 Å². The highest BCUT2D eigenvalue weighted by Gasteiger charge is 2.02. The molecule has 1 aromatic carbocycles. The van der Waals surface area contributed by atoms with E-state index in [0.717, 1.165) is 5.75 Å². The second-order valence-electron chi connectivity index (χ2n) is 3.10. The van der Waals surface area contributed by atoms with Gasteiger partial charge < -0.3 is 15.2 Å². The molecular formula is C10H15NO2. The van der Waals surface area contributed by atoms with Crippen LogP contribution in [0.15, 0.2) is 18.2 Å². The molecule has 0 aliphatic rings. The maximum Gasteiger partial charge on any atom is 0.138 e. The molecule has 3 heteroatoms. The topological polar surface area (TPSA) is 41.5 Å². The van der Waals surface area contributed by atoms with Crippen LogP contribution < -0.4 is 10.1 Å². The zero-order valence-corrected chi connectivity index (χ0v) is 8.16. The molecule has 0 heterocycles. The molecule has 0 unspecified atom stereocenters. The number of benzene rings is 1. The zero-order valence-electron chi connectivity index (χ0n) is 8.16. The SMILES string of the molecule is CNc1cc(OC(C)C)ccc1O. The van der Waals surface area contributed by atoms with Gasteiger partial charge in [0.2, 0.25) is 0 Å². The van der Waals surface area contributed by atoms with Crippen LogP contribution in [-0.4, -0.2) is 18.3 Å². The van der Waals surface area contributed by atoms with Crippen LogP contribution in [0.5, 0.6) is 11.5 Å². The number of ether oxygens (including phenoxy) is 1. The van der Waals surface area contributed by atoms with E-state index < -0.39 is 0 Å². The Balaban J connectivity index is 2.86. The first kappa shape index (κ1) is 9.71. The van der Waals surface area contributed by atoms with Gasteiger partial charge in [0.1, 0.15) is 11.5 Å². The number of rotatable bonds is 3. The highest BCUT2D eigenvalue weighted by atomic mass is 16.5. The van der Waals surface area contributed by atoms with Crippen molar-refractivity contribution >= 4 is 5.69 Å². The van der Waals surface area contributed by atoms with Crippen LogP contribution >= 0.6 is 0 Å². The highest BCUT2D eigenvalue weighted by Crippen LogP contribution is 2.27. The van der Waals surface area contributed by atoms with E-state index in [2.05, 4.69) is 5.32 Å². The number of hydrogen-bond acceptors (Lipinski definition) is 3. The number of nitrogens with one attached hydrogen (secondary N) is 1. The molecule has 0 bridgehead atoms. The average Bonchev–Trinajstić information content (AvgIpc) is 2.07. The molecule has 0 aliphatic carbocycles. The first-order valence-corrected chi connectivity index (χ1v) is 4.31. The van der Waals surface area contributed by atoms with Crippen molar-refractivity contribution in [2.24, 2.45) is 0 Å². The van der Waals surface area contributed by atoms with Crippen LogP contribution in [0.3, 0.4) is 0 Å². The molecular weight excluding hydrogens is 166 g/mol. The van der Waals surface area contributed by atoms with Crippen LogP contribution in [0.2, 0.25) is 0 Å². The first-order chi connectivity index (χ1) is 6.13. The maximum absolute atomic E-state index is 9.35. The third-order valence-corrected chi connectivity index (χ3v) is 1.61. The molecule has 1 aromatic rings. The zero-order chi connectivity index (χ0) is 9.84. The maximum atomic E-state index is 9.35. The van der Waals surface area contributed by atoms with E-state index in [9.17, 15) is 5.11 Å². The molecule has 13 heavy (non-hydrogen) atoms. The van der Waals surface area contributed by atoms with Gasteiger partial charge in [0.15, 0.2) is 0 Å². The van der Waals surface area contributed by atoms with E-state index >= 15 is 0 Å². The predicted octanol–water partition coefficient (Wildman–Crippen LogP) is 2.22. The van der Waals surface area contributed by atoms with Crippen molar-refractivity contribution in [3.63, 3.8) is 0 Å². The van der Waals surface area contributed by atoms with Gasteiger partial charge in [-0.2, -0.15) is 0 Å². The Morgan fingerprint density at radius 1 is 1.38 bits per heavy atom. The van der Waals surface area contributed by atoms with Crippen molar-refractivity contribution in [1.82, 2.24) is 0 Å². The Morgan fingerprint density at radius 2 is 2.08 bits per heavy atom. The number of phenolic OH excluding ortho intramolecular Hbond substituents is 1. The Bertz CT molecular complexity index is 284. The van der Waals surface area contributed by atoms with E-state index in [4.69, 9.17) is 4.74 Å². The van der Waals surface area contributed by atoms with Crippen molar-refractivity contribution in [2.75, 3.05) is 12.4 Å². The minimum Gasteiger partial charge on any atom is -0.506 e. The fraction of sp³-hybridized carbons (Fsp3) is 0.400. The second-order valence-corrected chi connectivity index (χ2v) is 3.10. The smallest absolute Gasteiger partial charge is 0.138 e. The minimum absolute atomic E-state index is 0.147. The first-order valence-electron chi connectivity index (χ1n) is 4.31. The third kappa shape index (κ3) is 2.54. The quantitative estimate of drug-likeness (QED) is 0.702. The van der Waals surface area contributed by atoms with Gasteiger partial charge in [-0.25, -0.2) is 0 Å². The summed E-state index contributed by atoms with van der Waals surface area (Å²) < 4.78 is 5.46. The summed E-state index contributed by atoms with van der Waals surface area (Å²) in [5.74, 6) is 0.996. The normalized spacial score (nSPS) is 10.2. The van der Waals surface area contributed by atoms with Crippen molar-refractivity contribution in [1.29, 1.82) is 0 Å². The molecule has 0 radical (unpaired) electrons. The molecule has 0 saturated heterocycles. The van der Waals surface area contributed by atoms with Crippen molar-refractivity contribution < 1.29 is 9.84 Å². The summed E-state index contributed by atoms with van der Waals surface area (Å²) in [5.41, 5.74) is 0.679. The highest BCUT2D eigenvalue weighted by molar-refractivity contribution is 5.58. The minimum atomic E-state index is 0.147. The van der Waals surface area contributed by atoms with Crippen LogP contribution in [0, 0.1) is 0 Å². The van der Waals surface area contributed by atoms with Gasteiger partial charge in [-0.15, -0.1) is 0 Å². The van der Waals surface area contributed by atoms with E-state index in [1.807, 2.05) is 13.8 Å². The lowest BCUT2D eigenvalue weighted by molar-refractivity contribution is 0.242. The molecule has 0 aromatic heterocycles. The van der Waals surface area contributed by atoms with Gasteiger partial charge in [0, 0.05) is 13.1 Å². The Kier molecular flexibility index (Phi) is 3.01. The summed E-state index contributed by atoms with van der Waals surface area (Å²) >= 11 is 0. The molecule has 0 saturated carbocycles. The van der Waals surface area contributed by atoms with Crippen molar-refractivity contribution in [2.45, 2.75) is 20.0 Å². The van der Waals surface area contributed by atoms with E-state index in [-0.39, 0.29) is 11.9 Å². The molecule has 3 nitrogen and oxygen atoms in total. The number of aromatic hydroxyl groups is 1. The third-order valence-electron chi connectivity index (χ3n) is 1.61. The largest absolute Gasteiger partial charge is 0.506 e. The van der Waals surface area contributed by atoms with Crippen LogP contribution in [-0.2, 0) is 0 Å². The van der Waals surface area contributed by atoms with Crippen molar-refractivity contribution in [3.8, 4) is 11.5 Å². The number of hydrogen-bond donors (Lipinski definition) is 2. The lowest BCUT2D eigenvalue weighted by Crippen LogP contribution is -2.05. The van der Waals surface area contributed by atoms with Gasteiger partial charge in [0.25, 0.3) is 0 Å². The molecule has 0 spiro atoms. The summed E-state index contributed by atoms with van der Waals surface area (Å²) in [6, 6.07) is 5.13. The fourth-order valence-corrected chi connectivity index (χ4v) is 1.06. The summed E-state index contributed by atoms with van der Waals surface area (Å²) in [4.78, 5) is 0. The van der Waals surface area contributed by atoms with Crippen LogP contribution in [0.1, 0.15) is 13.8 Å². The fourth-order valence-electron chi connectivity index (χ4n) is 1.06. The predicted molar refractivity (Wildman–Crippen MR) is 53.4 cm³/mol. The number of anilines is 1. The molecule has 0 atom stereocenters. The van der Waals surface area contributed by atoms with E-state index in [1.54, 1.807) is 25.2 Å². The molecule has 2 N–H and O–H groups in total. The molecule has 0 aliphatic heterocycles. The molecule has 0 amide bonds. The summed E-state index contributed by atoms with van der Waals surface area (Å²) in [6.45, 7) is 3.93. The lowest BCUT2D eigenvalue weighted by atomic mass is 10.2. The standard InChI is InChI=1S/C10H15NO2/c1-7(2)13-8-4-5-10(12)9(6-8)11-3/h4-7,11-12H,1-3H3. The van der Waals surface area contributed by atoms with Gasteiger partial charge in [-0.1, -0.05) is 0 Å². The van der Waals surface area contributed by atoms with Crippen molar-refractivity contribution in [3.05, 3.63) is 18.2 Å². The molecule has 0 fully saturated rings. The average molecular weight is 181 g/mol. The van der Waals surface area contributed by atoms with E-state index in [1.165, 1.54) is 0 Å². The monoisotopic (exact) mass is 181 g/mol. The second kappa shape index (κ2) is 4.03. The van der Waals surface area contributed by atoms with Gasteiger partial charge in [-0.05, 0) is 26.0 Å². The van der Waals surface area contributed by atoms with Gasteiger partial charge in [-0.3, -0.25) is 0 Å². The van der Waals surface area contributed by atoms with E-state index in [0.29, 0.717) is 5.69 Å². The molecule has 1 rings (SSSR count). The number of phenols is 1. The Labute approximate surface area is 78.3 Å².